The molecule has 0 atom stereocenters. The second-order valence-electron chi connectivity index (χ2n) is 7.38. The summed E-state index contributed by atoms with van der Waals surface area (Å²) < 4.78 is 13.8. The first-order valence-electron chi connectivity index (χ1n) is 8.73. The highest BCUT2D eigenvalue weighted by atomic mass is 19.1. The molecule has 1 aromatic rings. The second-order valence-corrected chi connectivity index (χ2v) is 7.38. The van der Waals surface area contributed by atoms with Gasteiger partial charge >= 0.3 is 5.97 Å². The maximum Gasteiger partial charge on any atom is 0.311 e. The SMILES string of the molecule is O=C(O)C1(CNC(=O)C2(Cc3ccccc3F)CC2)CCCCC1. The lowest BCUT2D eigenvalue weighted by molar-refractivity contribution is -0.151. The first kappa shape index (κ1) is 16.9. The molecule has 2 saturated carbocycles. The number of hydrogen-bond acceptors (Lipinski definition) is 2. The van der Waals surface area contributed by atoms with Crippen LogP contribution in [0.5, 0.6) is 0 Å². The number of carboxylic acid groups (broad SMARTS) is 1. The van der Waals surface area contributed by atoms with E-state index in [-0.39, 0.29) is 18.3 Å². The Morgan fingerprint density at radius 1 is 1.04 bits per heavy atom. The number of halogens is 1. The van der Waals surface area contributed by atoms with Crippen molar-refractivity contribution in [1.29, 1.82) is 0 Å². The van der Waals surface area contributed by atoms with Crippen LogP contribution in [0, 0.1) is 16.6 Å². The van der Waals surface area contributed by atoms with Crippen LogP contribution in [0.4, 0.5) is 4.39 Å². The standard InChI is InChI=1S/C19H24FNO3/c20-15-7-3-2-6-14(15)12-18(10-11-18)16(22)21-13-19(17(23)24)8-4-1-5-9-19/h2-3,6-7H,1,4-5,8-13H2,(H,21,22)(H,23,24). The predicted octanol–water partition coefficient (Wildman–Crippen LogP) is 3.30. The van der Waals surface area contributed by atoms with Crippen LogP contribution in [0.3, 0.4) is 0 Å². The Kier molecular flexibility index (Phi) is 4.61. The van der Waals surface area contributed by atoms with Crippen molar-refractivity contribution in [3.63, 3.8) is 0 Å². The van der Waals surface area contributed by atoms with Gasteiger partial charge in [0, 0.05) is 6.54 Å². The molecule has 0 spiro atoms. The van der Waals surface area contributed by atoms with Gasteiger partial charge in [-0.1, -0.05) is 37.5 Å². The van der Waals surface area contributed by atoms with Crippen LogP contribution in [-0.2, 0) is 16.0 Å². The number of hydrogen-bond donors (Lipinski definition) is 2. The van der Waals surface area contributed by atoms with Gasteiger partial charge in [-0.15, -0.1) is 0 Å². The van der Waals surface area contributed by atoms with Crippen LogP contribution in [-0.4, -0.2) is 23.5 Å². The molecule has 2 aliphatic rings. The third-order valence-electron chi connectivity index (χ3n) is 5.67. The minimum Gasteiger partial charge on any atom is -0.481 e. The first-order chi connectivity index (χ1) is 11.5. The summed E-state index contributed by atoms with van der Waals surface area (Å²) in [6.45, 7) is 0.181. The van der Waals surface area contributed by atoms with E-state index in [2.05, 4.69) is 5.32 Å². The molecule has 2 N–H and O–H groups in total. The van der Waals surface area contributed by atoms with Gasteiger partial charge in [0.05, 0.1) is 10.8 Å². The molecular formula is C19H24FNO3. The van der Waals surface area contributed by atoms with E-state index in [1.165, 1.54) is 6.07 Å². The number of amides is 1. The largest absolute Gasteiger partial charge is 0.481 e. The number of carbonyl (C=O) groups excluding carboxylic acids is 1. The van der Waals surface area contributed by atoms with Crippen molar-refractivity contribution < 1.29 is 19.1 Å². The zero-order valence-electron chi connectivity index (χ0n) is 13.8. The van der Waals surface area contributed by atoms with Crippen LogP contribution in [0.25, 0.3) is 0 Å². The molecule has 5 heteroatoms. The fourth-order valence-corrected chi connectivity index (χ4v) is 3.77. The summed E-state index contributed by atoms with van der Waals surface area (Å²) in [5.74, 6) is -1.23. The highest BCUT2D eigenvalue weighted by molar-refractivity contribution is 5.86. The van der Waals surface area contributed by atoms with E-state index < -0.39 is 16.8 Å². The van der Waals surface area contributed by atoms with Gasteiger partial charge in [0.1, 0.15) is 5.82 Å². The van der Waals surface area contributed by atoms with Crippen molar-refractivity contribution in [2.75, 3.05) is 6.54 Å². The Morgan fingerprint density at radius 3 is 2.29 bits per heavy atom. The first-order valence-corrected chi connectivity index (χ1v) is 8.73. The lowest BCUT2D eigenvalue weighted by atomic mass is 9.74. The predicted molar refractivity (Wildman–Crippen MR) is 87.9 cm³/mol. The Morgan fingerprint density at radius 2 is 1.71 bits per heavy atom. The number of aliphatic carboxylic acids is 1. The lowest BCUT2D eigenvalue weighted by Crippen LogP contribution is -2.46. The van der Waals surface area contributed by atoms with E-state index in [0.29, 0.717) is 24.8 Å². The Bertz CT molecular complexity index is 633. The van der Waals surface area contributed by atoms with Crippen molar-refractivity contribution in [1.82, 2.24) is 5.32 Å². The van der Waals surface area contributed by atoms with Gasteiger partial charge in [-0.25, -0.2) is 4.39 Å². The normalized spacial score (nSPS) is 21.0. The molecule has 0 bridgehead atoms. The zero-order chi connectivity index (χ0) is 17.2. The molecule has 130 valence electrons. The van der Waals surface area contributed by atoms with Gasteiger partial charge in [-0.2, -0.15) is 0 Å². The van der Waals surface area contributed by atoms with Crippen LogP contribution in [0.1, 0.15) is 50.5 Å². The van der Waals surface area contributed by atoms with Crippen molar-refractivity contribution in [2.24, 2.45) is 10.8 Å². The number of rotatable bonds is 6. The number of benzene rings is 1. The van der Waals surface area contributed by atoms with Gasteiger partial charge < -0.3 is 10.4 Å². The highest BCUT2D eigenvalue weighted by Gasteiger charge is 2.51. The van der Waals surface area contributed by atoms with E-state index in [0.717, 1.165) is 32.1 Å². The summed E-state index contributed by atoms with van der Waals surface area (Å²) >= 11 is 0. The Labute approximate surface area is 141 Å². The van der Waals surface area contributed by atoms with Gasteiger partial charge in [0.2, 0.25) is 5.91 Å². The molecule has 2 fully saturated rings. The van der Waals surface area contributed by atoms with E-state index in [1.54, 1.807) is 18.2 Å². The third kappa shape index (κ3) is 3.30. The van der Waals surface area contributed by atoms with Crippen LogP contribution < -0.4 is 5.32 Å². The topological polar surface area (TPSA) is 66.4 Å². The average molecular weight is 333 g/mol. The van der Waals surface area contributed by atoms with Crippen molar-refractivity contribution in [3.8, 4) is 0 Å². The maximum atomic E-state index is 13.8. The van der Waals surface area contributed by atoms with Crippen LogP contribution >= 0.6 is 0 Å². The highest BCUT2D eigenvalue weighted by Crippen LogP contribution is 2.49. The van der Waals surface area contributed by atoms with Gasteiger partial charge in [-0.3, -0.25) is 9.59 Å². The summed E-state index contributed by atoms with van der Waals surface area (Å²) in [7, 11) is 0. The van der Waals surface area contributed by atoms with Crippen LogP contribution in [0.15, 0.2) is 24.3 Å². The van der Waals surface area contributed by atoms with E-state index >= 15 is 0 Å². The summed E-state index contributed by atoms with van der Waals surface area (Å²) in [6.07, 6.45) is 5.91. The average Bonchev–Trinajstić information content (AvgIpc) is 3.36. The van der Waals surface area contributed by atoms with Crippen molar-refractivity contribution in [3.05, 3.63) is 35.6 Å². The van der Waals surface area contributed by atoms with Crippen molar-refractivity contribution >= 4 is 11.9 Å². The molecule has 0 aromatic heterocycles. The molecular weight excluding hydrogens is 309 g/mol. The third-order valence-corrected chi connectivity index (χ3v) is 5.67. The number of carbonyl (C=O) groups is 2. The molecule has 3 rings (SSSR count). The van der Waals surface area contributed by atoms with Crippen molar-refractivity contribution in [2.45, 2.75) is 51.4 Å². The van der Waals surface area contributed by atoms with Crippen LogP contribution in [0.2, 0.25) is 0 Å². The zero-order valence-corrected chi connectivity index (χ0v) is 13.8. The lowest BCUT2D eigenvalue weighted by Gasteiger charge is -2.33. The maximum absolute atomic E-state index is 13.8. The Hall–Kier alpha value is -1.91. The molecule has 0 saturated heterocycles. The van der Waals surface area contributed by atoms with Gasteiger partial charge in [0.25, 0.3) is 0 Å². The van der Waals surface area contributed by atoms with Gasteiger partial charge in [-0.05, 0) is 43.7 Å². The summed E-state index contributed by atoms with van der Waals surface area (Å²) in [5.41, 5.74) is -0.839. The second kappa shape index (κ2) is 6.54. The minimum atomic E-state index is -0.831. The summed E-state index contributed by atoms with van der Waals surface area (Å²) in [5, 5.41) is 12.5. The minimum absolute atomic E-state index is 0.128. The van der Waals surface area contributed by atoms with E-state index in [4.69, 9.17) is 0 Å². The number of carboxylic acids is 1. The molecule has 2 aliphatic carbocycles. The summed E-state index contributed by atoms with van der Waals surface area (Å²) in [6, 6.07) is 6.53. The molecule has 24 heavy (non-hydrogen) atoms. The van der Waals surface area contributed by atoms with E-state index in [1.807, 2.05) is 0 Å². The molecule has 1 aromatic carbocycles. The molecule has 0 aliphatic heterocycles. The Balaban J connectivity index is 1.64. The summed E-state index contributed by atoms with van der Waals surface area (Å²) in [4.78, 5) is 24.3. The molecule has 4 nitrogen and oxygen atoms in total. The quantitative estimate of drug-likeness (QED) is 0.839. The fourth-order valence-electron chi connectivity index (χ4n) is 3.77. The van der Waals surface area contributed by atoms with Gasteiger partial charge in [0.15, 0.2) is 0 Å². The fraction of sp³-hybridized carbons (Fsp3) is 0.579. The number of nitrogens with one attached hydrogen (secondary N) is 1. The molecule has 0 unspecified atom stereocenters. The monoisotopic (exact) mass is 333 g/mol. The molecule has 0 radical (unpaired) electrons. The molecule has 1 amide bonds. The van der Waals surface area contributed by atoms with E-state index in [9.17, 15) is 19.1 Å². The molecule has 0 heterocycles. The smallest absolute Gasteiger partial charge is 0.311 e.